The van der Waals surface area contributed by atoms with Crippen molar-refractivity contribution in [1.82, 2.24) is 4.72 Å². The molecular weight excluding hydrogens is 222 g/mol. The molecule has 1 aliphatic rings. The van der Waals surface area contributed by atoms with Gasteiger partial charge in [-0.3, -0.25) is 0 Å². The second-order valence-corrected chi connectivity index (χ2v) is 6.20. The first-order chi connectivity index (χ1) is 6.49. The van der Waals surface area contributed by atoms with E-state index in [1.807, 2.05) is 13.8 Å². The summed E-state index contributed by atoms with van der Waals surface area (Å²) in [5.41, 5.74) is -0.441. The summed E-state index contributed by atoms with van der Waals surface area (Å²) in [6.45, 7) is 3.92. The predicted octanol–water partition coefficient (Wildman–Crippen LogP) is 1.87. The highest BCUT2D eigenvalue weighted by atomic mass is 35.5. The number of nitrogens with one attached hydrogen (secondary N) is 1. The van der Waals surface area contributed by atoms with Gasteiger partial charge in [0.15, 0.2) is 0 Å². The van der Waals surface area contributed by atoms with Gasteiger partial charge in [-0.25, -0.2) is 13.1 Å². The van der Waals surface area contributed by atoms with Gasteiger partial charge in [-0.2, -0.15) is 0 Å². The van der Waals surface area contributed by atoms with Gasteiger partial charge in [0.05, 0.1) is 5.25 Å². The molecule has 1 N–H and O–H groups in total. The van der Waals surface area contributed by atoms with Gasteiger partial charge in [-0.05, 0) is 25.7 Å². The Morgan fingerprint density at radius 2 is 1.86 bits per heavy atom. The molecule has 0 aliphatic heterocycles. The average molecular weight is 240 g/mol. The van der Waals surface area contributed by atoms with Crippen LogP contribution in [0.25, 0.3) is 0 Å². The van der Waals surface area contributed by atoms with E-state index < -0.39 is 15.6 Å². The number of sulfonamides is 1. The highest BCUT2D eigenvalue weighted by Crippen LogP contribution is 2.30. The molecule has 14 heavy (non-hydrogen) atoms. The first-order valence-corrected chi connectivity index (χ1v) is 7.16. The van der Waals surface area contributed by atoms with E-state index >= 15 is 0 Å². The summed E-state index contributed by atoms with van der Waals surface area (Å²) in [6.07, 6.45) is 3.06. The first-order valence-electron chi connectivity index (χ1n) is 5.08. The molecule has 0 saturated heterocycles. The molecule has 0 amide bonds. The lowest BCUT2D eigenvalue weighted by molar-refractivity contribution is 0.393. The first kappa shape index (κ1) is 12.3. The third-order valence-corrected chi connectivity index (χ3v) is 5.51. The molecule has 84 valence electrons. The van der Waals surface area contributed by atoms with Crippen molar-refractivity contribution in [1.29, 1.82) is 0 Å². The quantitative estimate of drug-likeness (QED) is 0.720. The van der Waals surface area contributed by atoms with E-state index in [0.29, 0.717) is 5.88 Å². The molecule has 1 rings (SSSR count). The lowest BCUT2D eigenvalue weighted by Gasteiger charge is -2.30. The van der Waals surface area contributed by atoms with Crippen molar-refractivity contribution in [3.63, 3.8) is 0 Å². The predicted molar refractivity (Wildman–Crippen MR) is 59.1 cm³/mol. The molecule has 0 aromatic carbocycles. The summed E-state index contributed by atoms with van der Waals surface area (Å²) in [4.78, 5) is 0. The molecule has 0 atom stereocenters. The van der Waals surface area contributed by atoms with Gasteiger partial charge in [-0.15, -0.1) is 11.6 Å². The van der Waals surface area contributed by atoms with Gasteiger partial charge < -0.3 is 0 Å². The largest absolute Gasteiger partial charge is 0.215 e. The van der Waals surface area contributed by atoms with Crippen molar-refractivity contribution in [3.8, 4) is 0 Å². The van der Waals surface area contributed by atoms with E-state index in [1.54, 1.807) is 0 Å². The zero-order valence-electron chi connectivity index (χ0n) is 8.72. The second-order valence-electron chi connectivity index (χ2n) is 3.97. The Labute approximate surface area is 91.3 Å². The van der Waals surface area contributed by atoms with Crippen LogP contribution in [0.4, 0.5) is 0 Å². The van der Waals surface area contributed by atoms with Crippen LogP contribution in [-0.2, 0) is 10.0 Å². The van der Waals surface area contributed by atoms with E-state index in [9.17, 15) is 8.42 Å². The third-order valence-electron chi connectivity index (χ3n) is 2.93. The Bertz CT molecular complexity index is 273. The molecule has 0 spiro atoms. The molecule has 0 aromatic heterocycles. The highest BCUT2D eigenvalue weighted by molar-refractivity contribution is 7.90. The zero-order valence-corrected chi connectivity index (χ0v) is 10.3. The topological polar surface area (TPSA) is 46.2 Å². The van der Waals surface area contributed by atoms with E-state index in [4.69, 9.17) is 11.6 Å². The van der Waals surface area contributed by atoms with Gasteiger partial charge >= 0.3 is 0 Å². The van der Waals surface area contributed by atoms with Gasteiger partial charge in [-0.1, -0.05) is 13.8 Å². The fourth-order valence-electron chi connectivity index (χ4n) is 1.37. The molecule has 1 saturated carbocycles. The van der Waals surface area contributed by atoms with Crippen LogP contribution in [0.1, 0.15) is 39.5 Å². The van der Waals surface area contributed by atoms with Crippen LogP contribution in [0.2, 0.25) is 0 Å². The van der Waals surface area contributed by atoms with Crippen LogP contribution < -0.4 is 4.72 Å². The molecule has 1 fully saturated rings. The molecule has 3 nitrogen and oxygen atoms in total. The summed E-state index contributed by atoms with van der Waals surface area (Å²) >= 11 is 5.83. The fraction of sp³-hybridized carbons (Fsp3) is 1.00. The molecule has 0 aromatic rings. The maximum atomic E-state index is 11.7. The van der Waals surface area contributed by atoms with Crippen LogP contribution in [0.3, 0.4) is 0 Å². The summed E-state index contributed by atoms with van der Waals surface area (Å²) in [6, 6.07) is 0. The molecule has 5 heteroatoms. The molecule has 0 unspecified atom stereocenters. The van der Waals surface area contributed by atoms with Gasteiger partial charge in [0.25, 0.3) is 0 Å². The van der Waals surface area contributed by atoms with Crippen LogP contribution >= 0.6 is 11.6 Å². The minimum Gasteiger partial charge on any atom is -0.212 e. The van der Waals surface area contributed by atoms with Crippen molar-refractivity contribution in [2.24, 2.45) is 0 Å². The number of alkyl halides is 1. The lowest BCUT2D eigenvalue weighted by atomic mass is 9.97. The Kier molecular flexibility index (Phi) is 3.83. The molecule has 0 radical (unpaired) electrons. The maximum Gasteiger partial charge on any atom is 0.215 e. The van der Waals surface area contributed by atoms with Crippen molar-refractivity contribution >= 4 is 21.6 Å². The number of hydrogen-bond acceptors (Lipinski definition) is 2. The Morgan fingerprint density at radius 3 is 2.14 bits per heavy atom. The van der Waals surface area contributed by atoms with Crippen molar-refractivity contribution in [2.75, 3.05) is 5.88 Å². The van der Waals surface area contributed by atoms with E-state index in [2.05, 4.69) is 4.72 Å². The summed E-state index contributed by atoms with van der Waals surface area (Å²) < 4.78 is 26.2. The van der Waals surface area contributed by atoms with Crippen LogP contribution in [0, 0.1) is 0 Å². The number of rotatable bonds is 6. The van der Waals surface area contributed by atoms with E-state index in [0.717, 1.165) is 25.7 Å². The minimum absolute atomic E-state index is 0.164. The van der Waals surface area contributed by atoms with E-state index in [-0.39, 0.29) is 5.25 Å². The zero-order chi connectivity index (χ0) is 10.8. The fourth-order valence-corrected chi connectivity index (χ4v) is 3.79. The molecule has 1 aliphatic carbocycles. The molecular formula is C9H18ClNO2S. The number of hydrogen-bond donors (Lipinski definition) is 1. The van der Waals surface area contributed by atoms with Gasteiger partial charge in [0, 0.05) is 11.4 Å². The van der Waals surface area contributed by atoms with E-state index in [1.165, 1.54) is 0 Å². The normalized spacial score (nSPS) is 18.5. The highest BCUT2D eigenvalue weighted by Gasteiger charge is 2.40. The Morgan fingerprint density at radius 1 is 1.36 bits per heavy atom. The smallest absolute Gasteiger partial charge is 0.212 e. The molecule has 0 heterocycles. The maximum absolute atomic E-state index is 11.7. The summed E-state index contributed by atoms with van der Waals surface area (Å²) in [7, 11) is -3.12. The minimum atomic E-state index is -3.12. The standard InChI is InChI=1S/C9H18ClNO2S/c1-3-9(4-2,7-10)11-14(12,13)8-5-6-8/h8,11H,3-7H2,1-2H3. The summed E-state index contributed by atoms with van der Waals surface area (Å²) in [5.74, 6) is 0.339. The van der Waals surface area contributed by atoms with Crippen LogP contribution in [0.15, 0.2) is 0 Å². The number of halogens is 1. The van der Waals surface area contributed by atoms with Crippen LogP contribution in [0.5, 0.6) is 0 Å². The van der Waals surface area contributed by atoms with Gasteiger partial charge in [0.2, 0.25) is 10.0 Å². The Hall–Kier alpha value is 0.200. The third kappa shape index (κ3) is 2.61. The average Bonchev–Trinajstić information content (AvgIpc) is 2.97. The SMILES string of the molecule is CCC(CC)(CCl)NS(=O)(=O)C1CC1. The van der Waals surface area contributed by atoms with Gasteiger partial charge in [0.1, 0.15) is 0 Å². The van der Waals surface area contributed by atoms with Crippen molar-refractivity contribution in [2.45, 2.75) is 50.3 Å². The summed E-state index contributed by atoms with van der Waals surface area (Å²) in [5, 5.41) is -0.164. The lowest BCUT2D eigenvalue weighted by Crippen LogP contribution is -2.50. The van der Waals surface area contributed by atoms with Crippen molar-refractivity contribution < 1.29 is 8.42 Å². The monoisotopic (exact) mass is 239 g/mol. The molecule has 0 bridgehead atoms. The Balaban J connectivity index is 2.72. The van der Waals surface area contributed by atoms with Crippen molar-refractivity contribution in [3.05, 3.63) is 0 Å². The second kappa shape index (κ2) is 4.37. The van der Waals surface area contributed by atoms with Crippen LogP contribution in [-0.4, -0.2) is 25.1 Å².